The maximum Gasteiger partial charge on any atom is 0.336 e. The predicted molar refractivity (Wildman–Crippen MR) is 89.6 cm³/mol. The van der Waals surface area contributed by atoms with Gasteiger partial charge in [0, 0.05) is 22.8 Å². The van der Waals surface area contributed by atoms with Gasteiger partial charge < -0.3 is 24.5 Å². The summed E-state index contributed by atoms with van der Waals surface area (Å²) in [5.41, 5.74) is -0.643. The molecule has 0 aromatic heterocycles. The first-order valence-electron chi connectivity index (χ1n) is 8.77. The van der Waals surface area contributed by atoms with E-state index in [0.717, 1.165) is 6.29 Å². The quantitative estimate of drug-likeness (QED) is 0.426. The minimum absolute atomic E-state index is 0.0976. The number of rotatable bonds is 4. The van der Waals surface area contributed by atoms with Crippen LogP contribution in [0.25, 0.3) is 0 Å². The van der Waals surface area contributed by atoms with Gasteiger partial charge in [-0.05, 0) is 19.3 Å². The van der Waals surface area contributed by atoms with E-state index < -0.39 is 48.2 Å². The molecule has 2 N–H and O–H groups in total. The zero-order chi connectivity index (χ0) is 19.2. The SMILES string of the molecule is C=C(CO)C(=O)O[C@H]1C[C@]2(C)[C@@H]([C@H]3OC(=O)C(=C)[C@@H]31)[C@H](C=O)CC[C@H]2O. The number of aliphatic hydroxyl groups is 2. The van der Waals surface area contributed by atoms with Gasteiger partial charge in [0.15, 0.2) is 0 Å². The molecule has 3 aliphatic rings. The second-order valence-corrected chi connectivity index (χ2v) is 7.76. The Balaban J connectivity index is 1.99. The number of aldehydes is 1. The summed E-state index contributed by atoms with van der Waals surface area (Å²) in [4.78, 5) is 35.9. The zero-order valence-electron chi connectivity index (χ0n) is 14.7. The van der Waals surface area contributed by atoms with E-state index in [2.05, 4.69) is 13.2 Å². The Kier molecular flexibility index (Phi) is 4.79. The van der Waals surface area contributed by atoms with Crippen molar-refractivity contribution in [2.24, 2.45) is 23.2 Å². The van der Waals surface area contributed by atoms with Crippen molar-refractivity contribution >= 4 is 18.2 Å². The average Bonchev–Trinajstić information content (AvgIpc) is 2.90. The maximum atomic E-state index is 12.1. The third-order valence-electron chi connectivity index (χ3n) is 6.33. The molecule has 1 heterocycles. The molecule has 7 atom stereocenters. The fourth-order valence-electron chi connectivity index (χ4n) is 4.91. The summed E-state index contributed by atoms with van der Waals surface area (Å²) >= 11 is 0. The Bertz CT molecular complexity index is 669. The van der Waals surface area contributed by atoms with Gasteiger partial charge in [0.05, 0.1) is 24.2 Å². The minimum Gasteiger partial charge on any atom is -0.458 e. The van der Waals surface area contributed by atoms with Crippen molar-refractivity contribution in [2.75, 3.05) is 6.61 Å². The van der Waals surface area contributed by atoms with Gasteiger partial charge in [-0.3, -0.25) is 0 Å². The lowest BCUT2D eigenvalue weighted by Gasteiger charge is -2.55. The first-order valence-corrected chi connectivity index (χ1v) is 8.77. The molecular formula is C19H24O7. The fraction of sp³-hybridized carbons (Fsp3) is 0.632. The summed E-state index contributed by atoms with van der Waals surface area (Å²) in [5.74, 6) is -2.63. The molecule has 1 aliphatic heterocycles. The maximum absolute atomic E-state index is 12.1. The molecule has 3 rings (SSSR count). The highest BCUT2D eigenvalue weighted by molar-refractivity contribution is 5.92. The number of hydrogen-bond donors (Lipinski definition) is 2. The summed E-state index contributed by atoms with van der Waals surface area (Å²) in [6.45, 7) is 8.54. The third-order valence-corrected chi connectivity index (χ3v) is 6.33. The summed E-state index contributed by atoms with van der Waals surface area (Å²) in [6, 6.07) is 0. The normalized spacial score (nSPS) is 41.7. The lowest BCUT2D eigenvalue weighted by atomic mass is 9.51. The Morgan fingerprint density at radius 2 is 2.15 bits per heavy atom. The highest BCUT2D eigenvalue weighted by Gasteiger charge is 2.63. The van der Waals surface area contributed by atoms with E-state index in [9.17, 15) is 19.5 Å². The molecule has 0 unspecified atom stereocenters. The summed E-state index contributed by atoms with van der Waals surface area (Å²) < 4.78 is 11.0. The smallest absolute Gasteiger partial charge is 0.336 e. The second kappa shape index (κ2) is 6.63. The highest BCUT2D eigenvalue weighted by Crippen LogP contribution is 2.58. The molecule has 0 bridgehead atoms. The van der Waals surface area contributed by atoms with E-state index in [1.165, 1.54) is 0 Å². The first-order chi connectivity index (χ1) is 12.2. The summed E-state index contributed by atoms with van der Waals surface area (Å²) in [6.07, 6.45) is -0.0449. The molecule has 0 spiro atoms. The number of hydrogen-bond acceptors (Lipinski definition) is 7. The first kappa shape index (κ1) is 18.8. The summed E-state index contributed by atoms with van der Waals surface area (Å²) in [5, 5.41) is 19.7. The van der Waals surface area contributed by atoms with Gasteiger partial charge in [-0.25, -0.2) is 9.59 Å². The van der Waals surface area contributed by atoms with Gasteiger partial charge in [-0.2, -0.15) is 0 Å². The largest absolute Gasteiger partial charge is 0.458 e. The van der Waals surface area contributed by atoms with Crippen LogP contribution in [0.3, 0.4) is 0 Å². The molecule has 26 heavy (non-hydrogen) atoms. The van der Waals surface area contributed by atoms with Crippen LogP contribution in [-0.2, 0) is 23.9 Å². The van der Waals surface area contributed by atoms with Gasteiger partial charge in [0.2, 0.25) is 0 Å². The fourth-order valence-corrected chi connectivity index (χ4v) is 4.91. The van der Waals surface area contributed by atoms with E-state index in [-0.39, 0.29) is 29.4 Å². The van der Waals surface area contributed by atoms with E-state index in [4.69, 9.17) is 14.6 Å². The number of esters is 2. The van der Waals surface area contributed by atoms with Crippen molar-refractivity contribution in [1.82, 2.24) is 0 Å². The van der Waals surface area contributed by atoms with Crippen LogP contribution < -0.4 is 0 Å². The van der Waals surface area contributed by atoms with Crippen molar-refractivity contribution < 1.29 is 34.1 Å². The van der Waals surface area contributed by atoms with Gasteiger partial charge in [-0.1, -0.05) is 20.1 Å². The van der Waals surface area contributed by atoms with Crippen LogP contribution in [0.1, 0.15) is 26.2 Å². The van der Waals surface area contributed by atoms with E-state index in [0.29, 0.717) is 12.8 Å². The Hall–Kier alpha value is -1.99. The van der Waals surface area contributed by atoms with Crippen LogP contribution >= 0.6 is 0 Å². The van der Waals surface area contributed by atoms with Crippen LogP contribution in [0.15, 0.2) is 24.3 Å². The van der Waals surface area contributed by atoms with Crippen LogP contribution in [0.5, 0.6) is 0 Å². The van der Waals surface area contributed by atoms with E-state index in [1.54, 1.807) is 0 Å². The standard InChI is InChI=1S/C19H24O7/c1-9(7-20)17(23)25-12-6-19(3)13(22)5-4-11(8-21)15(19)16-14(12)10(2)18(24)26-16/h8,11-16,20,22H,1-2,4-7H2,3H3/t11-,12-,13+,14+,15+,16-,19-/m0/s1. The van der Waals surface area contributed by atoms with Crippen LogP contribution in [-0.4, -0.2) is 53.4 Å². The number of ether oxygens (including phenoxy) is 2. The lowest BCUT2D eigenvalue weighted by molar-refractivity contribution is -0.194. The van der Waals surface area contributed by atoms with Crippen molar-refractivity contribution in [3.8, 4) is 0 Å². The molecular weight excluding hydrogens is 340 g/mol. The van der Waals surface area contributed by atoms with Crippen molar-refractivity contribution in [3.63, 3.8) is 0 Å². The number of carbonyl (C=O) groups is 3. The van der Waals surface area contributed by atoms with Gasteiger partial charge >= 0.3 is 11.9 Å². The van der Waals surface area contributed by atoms with Gasteiger partial charge in [0.1, 0.15) is 18.5 Å². The van der Waals surface area contributed by atoms with Crippen molar-refractivity contribution in [1.29, 1.82) is 0 Å². The number of aliphatic hydroxyl groups excluding tert-OH is 2. The molecule has 0 aromatic rings. The monoisotopic (exact) mass is 364 g/mol. The van der Waals surface area contributed by atoms with Crippen molar-refractivity contribution in [2.45, 2.75) is 44.5 Å². The topological polar surface area (TPSA) is 110 Å². The number of fused-ring (bicyclic) bond motifs is 3. The van der Waals surface area contributed by atoms with Crippen LogP contribution in [0.4, 0.5) is 0 Å². The highest BCUT2D eigenvalue weighted by atomic mass is 16.6. The lowest BCUT2D eigenvalue weighted by Crippen LogP contribution is -2.60. The number of carbonyl (C=O) groups excluding carboxylic acids is 3. The minimum atomic E-state index is -0.761. The molecule has 3 fully saturated rings. The molecule has 0 amide bonds. The Morgan fingerprint density at radius 3 is 2.77 bits per heavy atom. The van der Waals surface area contributed by atoms with Gasteiger partial charge in [0.25, 0.3) is 0 Å². The van der Waals surface area contributed by atoms with E-state index in [1.807, 2.05) is 6.92 Å². The molecule has 142 valence electrons. The summed E-state index contributed by atoms with van der Waals surface area (Å²) in [7, 11) is 0. The Morgan fingerprint density at radius 1 is 1.46 bits per heavy atom. The molecule has 0 radical (unpaired) electrons. The second-order valence-electron chi connectivity index (χ2n) is 7.76. The van der Waals surface area contributed by atoms with Crippen molar-refractivity contribution in [3.05, 3.63) is 24.3 Å². The average molecular weight is 364 g/mol. The molecule has 7 heteroatoms. The molecule has 7 nitrogen and oxygen atoms in total. The predicted octanol–water partition coefficient (Wildman–Crippen LogP) is 0.540. The molecule has 1 saturated heterocycles. The third kappa shape index (κ3) is 2.70. The Labute approximate surface area is 151 Å². The molecule has 2 saturated carbocycles. The zero-order valence-corrected chi connectivity index (χ0v) is 14.7. The van der Waals surface area contributed by atoms with Crippen LogP contribution in [0, 0.1) is 23.2 Å². The van der Waals surface area contributed by atoms with Crippen LogP contribution in [0.2, 0.25) is 0 Å². The van der Waals surface area contributed by atoms with Gasteiger partial charge in [-0.15, -0.1) is 0 Å². The van der Waals surface area contributed by atoms with E-state index >= 15 is 0 Å². The molecule has 2 aliphatic carbocycles. The molecule has 0 aromatic carbocycles.